The SMILES string of the molecule is Cc1ccc(N2C(=O)CCC(C(=O)NCCCN(C)C)C2c2cccs2)cc1. The van der Waals surface area contributed by atoms with Gasteiger partial charge in [0.05, 0.1) is 12.0 Å². The van der Waals surface area contributed by atoms with Gasteiger partial charge in [-0.2, -0.15) is 0 Å². The van der Waals surface area contributed by atoms with E-state index < -0.39 is 0 Å². The molecule has 6 heteroatoms. The Hall–Kier alpha value is -2.18. The van der Waals surface area contributed by atoms with E-state index in [4.69, 9.17) is 0 Å². The molecule has 1 saturated heterocycles. The summed E-state index contributed by atoms with van der Waals surface area (Å²) in [6.45, 7) is 3.62. The summed E-state index contributed by atoms with van der Waals surface area (Å²) in [6, 6.07) is 11.7. The molecule has 1 aromatic heterocycles. The highest BCUT2D eigenvalue weighted by Crippen LogP contribution is 2.41. The molecule has 2 heterocycles. The molecule has 0 radical (unpaired) electrons. The van der Waals surface area contributed by atoms with Gasteiger partial charge in [0, 0.05) is 23.5 Å². The quantitative estimate of drug-likeness (QED) is 0.724. The molecule has 5 nitrogen and oxygen atoms in total. The molecule has 0 spiro atoms. The summed E-state index contributed by atoms with van der Waals surface area (Å²) in [5, 5.41) is 5.10. The highest BCUT2D eigenvalue weighted by Gasteiger charge is 2.41. The van der Waals surface area contributed by atoms with Crippen LogP contribution in [0, 0.1) is 12.8 Å². The van der Waals surface area contributed by atoms with Crippen LogP contribution in [-0.2, 0) is 9.59 Å². The maximum atomic E-state index is 13.0. The second kappa shape index (κ2) is 9.34. The Morgan fingerprint density at radius 1 is 1.25 bits per heavy atom. The summed E-state index contributed by atoms with van der Waals surface area (Å²) < 4.78 is 0. The van der Waals surface area contributed by atoms with Crippen LogP contribution in [0.15, 0.2) is 41.8 Å². The van der Waals surface area contributed by atoms with E-state index in [9.17, 15) is 9.59 Å². The number of carbonyl (C=O) groups excluding carboxylic acids is 2. The summed E-state index contributed by atoms with van der Waals surface area (Å²) in [5.74, 6) is -0.113. The third kappa shape index (κ3) is 4.80. The number of piperidine rings is 1. The minimum atomic E-state index is -0.252. The Morgan fingerprint density at radius 3 is 2.64 bits per heavy atom. The number of nitrogens with zero attached hydrogens (tertiary/aromatic N) is 2. The second-order valence-corrected chi connectivity index (χ2v) is 8.63. The Bertz CT molecular complexity index is 787. The van der Waals surface area contributed by atoms with Crippen LogP contribution in [0.25, 0.3) is 0 Å². The van der Waals surface area contributed by atoms with Gasteiger partial charge >= 0.3 is 0 Å². The molecule has 0 bridgehead atoms. The van der Waals surface area contributed by atoms with Crippen LogP contribution in [0.3, 0.4) is 0 Å². The van der Waals surface area contributed by atoms with E-state index in [-0.39, 0.29) is 23.8 Å². The van der Waals surface area contributed by atoms with Gasteiger partial charge in [-0.25, -0.2) is 0 Å². The normalized spacial score (nSPS) is 19.9. The molecular weight excluding hydrogens is 370 g/mol. The lowest BCUT2D eigenvalue weighted by atomic mass is 9.86. The number of anilines is 1. The monoisotopic (exact) mass is 399 g/mol. The predicted molar refractivity (Wildman–Crippen MR) is 115 cm³/mol. The van der Waals surface area contributed by atoms with Gasteiger partial charge in [0.2, 0.25) is 11.8 Å². The molecule has 1 aromatic carbocycles. The van der Waals surface area contributed by atoms with E-state index in [0.29, 0.717) is 19.4 Å². The summed E-state index contributed by atoms with van der Waals surface area (Å²) in [7, 11) is 4.06. The summed E-state index contributed by atoms with van der Waals surface area (Å²) in [6.07, 6.45) is 1.89. The van der Waals surface area contributed by atoms with Gasteiger partial charge in [0.25, 0.3) is 0 Å². The van der Waals surface area contributed by atoms with Gasteiger partial charge in [-0.05, 0) is 64.0 Å². The van der Waals surface area contributed by atoms with Crippen LogP contribution in [0.4, 0.5) is 5.69 Å². The van der Waals surface area contributed by atoms with Crippen molar-refractivity contribution < 1.29 is 9.59 Å². The molecule has 150 valence electrons. The lowest BCUT2D eigenvalue weighted by Gasteiger charge is -2.40. The first-order valence-electron chi connectivity index (χ1n) is 9.82. The van der Waals surface area contributed by atoms with Gasteiger partial charge < -0.3 is 15.1 Å². The van der Waals surface area contributed by atoms with Crippen molar-refractivity contribution in [1.82, 2.24) is 10.2 Å². The minimum Gasteiger partial charge on any atom is -0.356 e. The summed E-state index contributed by atoms with van der Waals surface area (Å²) in [5.41, 5.74) is 2.01. The smallest absolute Gasteiger partial charge is 0.227 e. The highest BCUT2D eigenvalue weighted by atomic mass is 32.1. The fourth-order valence-electron chi connectivity index (χ4n) is 3.70. The molecule has 3 rings (SSSR count). The van der Waals surface area contributed by atoms with Crippen molar-refractivity contribution in [2.45, 2.75) is 32.2 Å². The number of carbonyl (C=O) groups is 2. The first-order valence-corrected chi connectivity index (χ1v) is 10.7. The molecule has 1 N–H and O–H groups in total. The minimum absolute atomic E-state index is 0.0433. The number of rotatable bonds is 7. The average Bonchev–Trinajstić information content (AvgIpc) is 3.20. The first-order chi connectivity index (χ1) is 13.5. The number of aryl methyl sites for hydroxylation is 1. The molecule has 0 aliphatic carbocycles. The molecule has 28 heavy (non-hydrogen) atoms. The Labute approximate surface area is 171 Å². The topological polar surface area (TPSA) is 52.7 Å². The molecule has 0 saturated carbocycles. The van der Waals surface area contributed by atoms with Crippen molar-refractivity contribution in [3.63, 3.8) is 0 Å². The van der Waals surface area contributed by atoms with E-state index in [2.05, 4.69) is 10.2 Å². The molecule has 2 aromatic rings. The summed E-state index contributed by atoms with van der Waals surface area (Å²) in [4.78, 5) is 30.9. The van der Waals surface area contributed by atoms with Crippen molar-refractivity contribution in [1.29, 1.82) is 0 Å². The van der Waals surface area contributed by atoms with Crippen molar-refractivity contribution in [2.75, 3.05) is 32.1 Å². The molecule has 1 fully saturated rings. The predicted octanol–water partition coefficient (Wildman–Crippen LogP) is 3.61. The van der Waals surface area contributed by atoms with Crippen LogP contribution < -0.4 is 10.2 Å². The largest absolute Gasteiger partial charge is 0.356 e. The molecule has 1 aliphatic rings. The van der Waals surface area contributed by atoms with Crippen molar-refractivity contribution in [3.05, 3.63) is 52.2 Å². The van der Waals surface area contributed by atoms with Crippen molar-refractivity contribution in [2.24, 2.45) is 5.92 Å². The molecule has 1 aliphatic heterocycles. The Kier molecular flexibility index (Phi) is 6.86. The zero-order valence-electron chi connectivity index (χ0n) is 16.9. The molecular formula is C22H29N3O2S. The Balaban J connectivity index is 1.84. The number of amides is 2. The van der Waals surface area contributed by atoms with Gasteiger partial charge in [-0.1, -0.05) is 23.8 Å². The number of nitrogens with one attached hydrogen (secondary N) is 1. The van der Waals surface area contributed by atoms with Crippen LogP contribution in [-0.4, -0.2) is 43.9 Å². The van der Waals surface area contributed by atoms with Gasteiger partial charge in [-0.15, -0.1) is 11.3 Å². The fraction of sp³-hybridized carbons (Fsp3) is 0.455. The van der Waals surface area contributed by atoms with Gasteiger partial charge in [0.15, 0.2) is 0 Å². The number of hydrogen-bond donors (Lipinski definition) is 1. The van der Waals surface area contributed by atoms with E-state index in [0.717, 1.165) is 29.1 Å². The average molecular weight is 400 g/mol. The molecule has 2 unspecified atom stereocenters. The highest BCUT2D eigenvalue weighted by molar-refractivity contribution is 7.10. The lowest BCUT2D eigenvalue weighted by Crippen LogP contribution is -2.48. The van der Waals surface area contributed by atoms with Crippen LogP contribution in [0.5, 0.6) is 0 Å². The Morgan fingerprint density at radius 2 is 2.00 bits per heavy atom. The maximum Gasteiger partial charge on any atom is 0.227 e. The van der Waals surface area contributed by atoms with Crippen LogP contribution in [0.1, 0.15) is 35.7 Å². The van der Waals surface area contributed by atoms with Crippen LogP contribution in [0.2, 0.25) is 0 Å². The maximum absolute atomic E-state index is 13.0. The van der Waals surface area contributed by atoms with Crippen molar-refractivity contribution >= 4 is 28.8 Å². The zero-order chi connectivity index (χ0) is 20.1. The third-order valence-electron chi connectivity index (χ3n) is 5.16. The zero-order valence-corrected chi connectivity index (χ0v) is 17.7. The van der Waals surface area contributed by atoms with Crippen LogP contribution >= 0.6 is 11.3 Å². The fourth-order valence-corrected chi connectivity index (χ4v) is 4.58. The lowest BCUT2D eigenvalue weighted by molar-refractivity contribution is -0.129. The van der Waals surface area contributed by atoms with E-state index >= 15 is 0 Å². The van der Waals surface area contributed by atoms with E-state index in [1.54, 1.807) is 11.3 Å². The van der Waals surface area contributed by atoms with E-state index in [1.165, 1.54) is 0 Å². The molecule has 2 amide bonds. The first kappa shape index (κ1) is 20.6. The van der Waals surface area contributed by atoms with Crippen molar-refractivity contribution in [3.8, 4) is 0 Å². The van der Waals surface area contributed by atoms with E-state index in [1.807, 2.05) is 67.7 Å². The standard InChI is InChI=1S/C22H29N3O2S/c1-16-7-9-17(10-8-16)25-20(26)12-11-18(21(25)19-6-4-15-28-19)22(27)23-13-5-14-24(2)3/h4,6-10,15,18,21H,5,11-14H2,1-3H3,(H,23,27). The number of hydrogen-bond acceptors (Lipinski definition) is 4. The summed E-state index contributed by atoms with van der Waals surface area (Å²) >= 11 is 1.61. The van der Waals surface area contributed by atoms with Gasteiger partial charge in [-0.3, -0.25) is 9.59 Å². The molecule has 2 atom stereocenters. The van der Waals surface area contributed by atoms with Gasteiger partial charge in [0.1, 0.15) is 0 Å². The third-order valence-corrected chi connectivity index (χ3v) is 6.11. The second-order valence-electron chi connectivity index (χ2n) is 7.65. The number of thiophene rings is 1. The number of benzene rings is 1.